The standard InChI is InChI=1S/C24H17NO4/c1-25-21(15-8-7-11-17(14-15)28-16-9-3-2-4-10-16)20-22(26)18-12-5-6-13-19(18)29-23(20)24(25)27/h2-14,21H,1H3. The van der Waals surface area contributed by atoms with E-state index in [0.717, 1.165) is 5.56 Å². The van der Waals surface area contributed by atoms with Gasteiger partial charge in [-0.1, -0.05) is 42.5 Å². The van der Waals surface area contributed by atoms with Gasteiger partial charge in [0.05, 0.1) is 17.0 Å². The minimum Gasteiger partial charge on any atom is -0.457 e. The molecular weight excluding hydrogens is 366 g/mol. The fraction of sp³-hybridized carbons (Fsp3) is 0.0833. The molecule has 5 heteroatoms. The van der Waals surface area contributed by atoms with Gasteiger partial charge in [-0.15, -0.1) is 0 Å². The summed E-state index contributed by atoms with van der Waals surface area (Å²) in [7, 11) is 1.68. The number of carbonyl (C=O) groups is 1. The van der Waals surface area contributed by atoms with E-state index in [0.29, 0.717) is 28.0 Å². The summed E-state index contributed by atoms with van der Waals surface area (Å²) in [5.41, 5.74) is 1.39. The van der Waals surface area contributed by atoms with Crippen molar-refractivity contribution < 1.29 is 13.9 Å². The summed E-state index contributed by atoms with van der Waals surface area (Å²) >= 11 is 0. The Kier molecular flexibility index (Phi) is 3.95. The molecule has 5 nitrogen and oxygen atoms in total. The third kappa shape index (κ3) is 2.79. The molecule has 1 unspecified atom stereocenters. The highest BCUT2D eigenvalue weighted by Gasteiger charge is 2.40. The van der Waals surface area contributed by atoms with Gasteiger partial charge in [-0.3, -0.25) is 9.59 Å². The number of rotatable bonds is 3. The molecule has 1 amide bonds. The number of benzene rings is 3. The minimum atomic E-state index is -0.530. The number of amides is 1. The summed E-state index contributed by atoms with van der Waals surface area (Å²) in [5.74, 6) is 1.15. The van der Waals surface area contributed by atoms with E-state index in [2.05, 4.69) is 0 Å². The van der Waals surface area contributed by atoms with Crippen LogP contribution in [-0.2, 0) is 0 Å². The van der Waals surface area contributed by atoms with Crippen molar-refractivity contribution in [1.29, 1.82) is 0 Å². The highest BCUT2D eigenvalue weighted by atomic mass is 16.5. The molecule has 1 aliphatic heterocycles. The van der Waals surface area contributed by atoms with E-state index < -0.39 is 6.04 Å². The number of para-hydroxylation sites is 2. The Hall–Kier alpha value is -3.86. The van der Waals surface area contributed by atoms with Crippen LogP contribution >= 0.6 is 0 Å². The second kappa shape index (κ2) is 6.63. The van der Waals surface area contributed by atoms with Crippen LogP contribution in [-0.4, -0.2) is 17.9 Å². The molecule has 0 spiro atoms. The molecule has 1 aromatic heterocycles. The molecule has 0 N–H and O–H groups in total. The van der Waals surface area contributed by atoms with Crippen molar-refractivity contribution in [2.45, 2.75) is 6.04 Å². The smallest absolute Gasteiger partial charge is 0.290 e. The lowest BCUT2D eigenvalue weighted by molar-refractivity contribution is 0.0771. The number of fused-ring (bicyclic) bond motifs is 2. The second-order valence-corrected chi connectivity index (χ2v) is 6.98. The summed E-state index contributed by atoms with van der Waals surface area (Å²) in [6.07, 6.45) is 0. The zero-order chi connectivity index (χ0) is 20.0. The predicted molar refractivity (Wildman–Crippen MR) is 109 cm³/mol. The molecule has 0 saturated heterocycles. The van der Waals surface area contributed by atoms with Crippen LogP contribution in [0.25, 0.3) is 11.0 Å². The fourth-order valence-corrected chi connectivity index (χ4v) is 3.80. The van der Waals surface area contributed by atoms with Crippen molar-refractivity contribution in [3.63, 3.8) is 0 Å². The molecule has 5 rings (SSSR count). The number of ether oxygens (including phenoxy) is 1. The zero-order valence-corrected chi connectivity index (χ0v) is 15.7. The number of nitrogens with zero attached hydrogens (tertiary/aromatic N) is 1. The SMILES string of the molecule is CN1C(=O)c2oc3ccccc3c(=O)c2C1c1cccc(Oc2ccccc2)c1. The first kappa shape index (κ1) is 17.3. The van der Waals surface area contributed by atoms with Gasteiger partial charge in [0.1, 0.15) is 17.1 Å². The summed E-state index contributed by atoms with van der Waals surface area (Å²) in [4.78, 5) is 27.6. The van der Waals surface area contributed by atoms with E-state index in [1.807, 2.05) is 54.6 Å². The Labute approximate surface area is 166 Å². The van der Waals surface area contributed by atoms with Gasteiger partial charge < -0.3 is 14.1 Å². The van der Waals surface area contributed by atoms with Gasteiger partial charge in [-0.2, -0.15) is 0 Å². The van der Waals surface area contributed by atoms with Crippen molar-refractivity contribution in [2.75, 3.05) is 7.05 Å². The third-order valence-corrected chi connectivity index (χ3v) is 5.16. The topological polar surface area (TPSA) is 59.8 Å². The third-order valence-electron chi connectivity index (χ3n) is 5.16. The maximum atomic E-state index is 13.2. The van der Waals surface area contributed by atoms with E-state index in [1.54, 1.807) is 31.3 Å². The first-order valence-electron chi connectivity index (χ1n) is 9.29. The average molecular weight is 383 g/mol. The Morgan fingerprint density at radius 2 is 1.59 bits per heavy atom. The van der Waals surface area contributed by atoms with Crippen LogP contribution in [0.1, 0.15) is 27.7 Å². The molecular formula is C24H17NO4. The lowest BCUT2D eigenvalue weighted by Gasteiger charge is -2.21. The second-order valence-electron chi connectivity index (χ2n) is 6.98. The van der Waals surface area contributed by atoms with Crippen LogP contribution in [0.4, 0.5) is 0 Å². The van der Waals surface area contributed by atoms with Crippen LogP contribution in [0.5, 0.6) is 11.5 Å². The van der Waals surface area contributed by atoms with E-state index in [-0.39, 0.29) is 17.1 Å². The maximum absolute atomic E-state index is 13.2. The molecule has 3 aromatic carbocycles. The van der Waals surface area contributed by atoms with Gasteiger partial charge in [0.15, 0.2) is 5.43 Å². The van der Waals surface area contributed by atoms with Crippen LogP contribution < -0.4 is 10.2 Å². The minimum absolute atomic E-state index is 0.107. The first-order valence-corrected chi connectivity index (χ1v) is 9.29. The summed E-state index contributed by atoms with van der Waals surface area (Å²) < 4.78 is 11.7. The highest BCUT2D eigenvalue weighted by Crippen LogP contribution is 2.38. The van der Waals surface area contributed by atoms with E-state index >= 15 is 0 Å². The molecule has 142 valence electrons. The zero-order valence-electron chi connectivity index (χ0n) is 15.7. The van der Waals surface area contributed by atoms with Gasteiger partial charge in [-0.25, -0.2) is 0 Å². The Balaban J connectivity index is 1.63. The first-order chi connectivity index (χ1) is 14.1. The maximum Gasteiger partial charge on any atom is 0.290 e. The molecule has 1 aliphatic rings. The van der Waals surface area contributed by atoms with Crippen molar-refractivity contribution in [3.8, 4) is 11.5 Å². The molecule has 0 saturated carbocycles. The monoisotopic (exact) mass is 383 g/mol. The van der Waals surface area contributed by atoms with Crippen LogP contribution in [0.15, 0.2) is 88.1 Å². The van der Waals surface area contributed by atoms with Crippen molar-refractivity contribution in [1.82, 2.24) is 4.90 Å². The number of hydrogen-bond donors (Lipinski definition) is 0. The normalized spacial score (nSPS) is 15.6. The predicted octanol–water partition coefficient (Wildman–Crippen LogP) is 4.76. The molecule has 2 heterocycles. The summed E-state index contributed by atoms with van der Waals surface area (Å²) in [6.45, 7) is 0. The van der Waals surface area contributed by atoms with Gasteiger partial charge in [0.2, 0.25) is 5.76 Å². The highest BCUT2D eigenvalue weighted by molar-refractivity contribution is 5.98. The Morgan fingerprint density at radius 3 is 2.41 bits per heavy atom. The lowest BCUT2D eigenvalue weighted by Crippen LogP contribution is -2.25. The van der Waals surface area contributed by atoms with Gasteiger partial charge in [0, 0.05) is 7.05 Å². The molecule has 29 heavy (non-hydrogen) atoms. The fourth-order valence-electron chi connectivity index (χ4n) is 3.80. The van der Waals surface area contributed by atoms with Gasteiger partial charge in [0.25, 0.3) is 5.91 Å². The molecule has 4 aromatic rings. The lowest BCUT2D eigenvalue weighted by atomic mass is 9.98. The molecule has 0 radical (unpaired) electrons. The summed E-state index contributed by atoms with van der Waals surface area (Å²) in [5, 5.41) is 0.469. The molecule has 1 atom stereocenters. The van der Waals surface area contributed by atoms with Crippen LogP contribution in [0, 0.1) is 0 Å². The van der Waals surface area contributed by atoms with Crippen LogP contribution in [0.2, 0.25) is 0 Å². The Bertz CT molecular complexity index is 1290. The van der Waals surface area contributed by atoms with Crippen molar-refractivity contribution >= 4 is 16.9 Å². The molecule has 0 bridgehead atoms. The Morgan fingerprint density at radius 1 is 0.862 bits per heavy atom. The molecule has 0 aliphatic carbocycles. The molecule has 0 fully saturated rings. The van der Waals surface area contributed by atoms with E-state index in [4.69, 9.17) is 9.15 Å². The van der Waals surface area contributed by atoms with Crippen LogP contribution in [0.3, 0.4) is 0 Å². The van der Waals surface area contributed by atoms with Gasteiger partial charge in [-0.05, 0) is 42.0 Å². The quantitative estimate of drug-likeness (QED) is 0.512. The summed E-state index contributed by atoms with van der Waals surface area (Å²) in [6, 6.07) is 23.3. The average Bonchev–Trinajstić information content (AvgIpc) is 3.00. The van der Waals surface area contributed by atoms with Crippen molar-refractivity contribution in [3.05, 3.63) is 106 Å². The van der Waals surface area contributed by atoms with Crippen molar-refractivity contribution in [2.24, 2.45) is 0 Å². The van der Waals surface area contributed by atoms with E-state index in [1.165, 1.54) is 4.90 Å². The number of carbonyl (C=O) groups excluding carboxylic acids is 1. The van der Waals surface area contributed by atoms with Gasteiger partial charge >= 0.3 is 0 Å². The number of hydrogen-bond acceptors (Lipinski definition) is 4. The largest absolute Gasteiger partial charge is 0.457 e. The van der Waals surface area contributed by atoms with E-state index in [9.17, 15) is 9.59 Å².